The molecule has 1 aliphatic carbocycles. The van der Waals surface area contributed by atoms with E-state index in [9.17, 15) is 19.8 Å². The molecule has 0 unspecified atom stereocenters. The zero-order valence-corrected chi connectivity index (χ0v) is 13.8. The van der Waals surface area contributed by atoms with Gasteiger partial charge in [-0.1, -0.05) is 79.7 Å². The Morgan fingerprint density at radius 1 is 0.840 bits per heavy atom. The summed E-state index contributed by atoms with van der Waals surface area (Å²) in [5.41, 5.74) is -0.148. The summed E-state index contributed by atoms with van der Waals surface area (Å²) >= 11 is 0. The minimum absolute atomic E-state index is 0.589. The number of hydrogen-bond donors (Lipinski definition) is 0. The van der Waals surface area contributed by atoms with Crippen molar-refractivity contribution in [3.05, 3.63) is 83.9 Å². The number of carboxylic acid groups (broad SMARTS) is 2. The lowest BCUT2D eigenvalue weighted by molar-refractivity contribution is -0.336. The SMILES string of the molecule is C[C@]1(C(=O)[O-])[C@@H](c2ccccc2)C=C[C@H](c2ccccc2)[C@@H]1C(=O)[O-]. The number of hydrogen-bond acceptors (Lipinski definition) is 4. The lowest BCUT2D eigenvalue weighted by Gasteiger charge is -2.49. The monoisotopic (exact) mass is 334 g/mol. The van der Waals surface area contributed by atoms with E-state index in [4.69, 9.17) is 0 Å². The Kier molecular flexibility index (Phi) is 4.45. The summed E-state index contributed by atoms with van der Waals surface area (Å²) in [6.07, 6.45) is 3.56. The molecule has 0 fully saturated rings. The van der Waals surface area contributed by atoms with Crippen LogP contribution in [0.15, 0.2) is 72.8 Å². The number of carbonyl (C=O) groups excluding carboxylic acids is 2. The summed E-state index contributed by atoms with van der Waals surface area (Å²) in [4.78, 5) is 24.1. The Morgan fingerprint density at radius 3 is 1.84 bits per heavy atom. The number of allylic oxidation sites excluding steroid dienone is 2. The second-order valence-corrected chi connectivity index (χ2v) is 6.58. The molecule has 0 radical (unpaired) electrons. The molecule has 128 valence electrons. The van der Waals surface area contributed by atoms with E-state index in [0.717, 1.165) is 11.1 Å². The molecule has 0 aromatic heterocycles. The zero-order chi connectivity index (χ0) is 18.0. The Bertz CT molecular complexity index is 797. The smallest absolute Gasteiger partial charge is 0.0489 e. The van der Waals surface area contributed by atoms with Crippen molar-refractivity contribution in [1.29, 1.82) is 0 Å². The fourth-order valence-electron chi connectivity index (χ4n) is 3.85. The van der Waals surface area contributed by atoms with Crippen molar-refractivity contribution >= 4 is 11.9 Å². The first kappa shape index (κ1) is 17.0. The fourth-order valence-corrected chi connectivity index (χ4v) is 3.85. The van der Waals surface area contributed by atoms with E-state index >= 15 is 0 Å². The van der Waals surface area contributed by atoms with Crippen molar-refractivity contribution in [2.75, 3.05) is 0 Å². The van der Waals surface area contributed by atoms with Crippen LogP contribution in [0.4, 0.5) is 0 Å². The first-order chi connectivity index (χ1) is 12.0. The molecule has 2 aromatic rings. The van der Waals surface area contributed by atoms with E-state index in [2.05, 4.69) is 0 Å². The molecule has 0 bridgehead atoms. The highest BCUT2D eigenvalue weighted by Crippen LogP contribution is 2.52. The molecule has 0 amide bonds. The summed E-state index contributed by atoms with van der Waals surface area (Å²) in [6.45, 7) is 1.44. The predicted octanol–water partition coefficient (Wildman–Crippen LogP) is 1.25. The lowest BCUT2D eigenvalue weighted by Crippen LogP contribution is -2.56. The van der Waals surface area contributed by atoms with E-state index in [-0.39, 0.29) is 0 Å². The average Bonchev–Trinajstić information content (AvgIpc) is 2.62. The van der Waals surface area contributed by atoms with Gasteiger partial charge in [0, 0.05) is 35.1 Å². The van der Waals surface area contributed by atoms with E-state index < -0.39 is 35.1 Å². The first-order valence-corrected chi connectivity index (χ1v) is 8.16. The number of rotatable bonds is 4. The Hall–Kier alpha value is -2.88. The van der Waals surface area contributed by atoms with Gasteiger partial charge in [-0.2, -0.15) is 0 Å². The average molecular weight is 334 g/mol. The molecule has 0 heterocycles. The van der Waals surface area contributed by atoms with Gasteiger partial charge < -0.3 is 19.8 Å². The molecule has 4 heteroatoms. The van der Waals surface area contributed by atoms with Crippen molar-refractivity contribution in [2.24, 2.45) is 11.3 Å². The molecule has 0 saturated carbocycles. The van der Waals surface area contributed by atoms with Gasteiger partial charge in [0.2, 0.25) is 0 Å². The topological polar surface area (TPSA) is 80.3 Å². The maximum absolute atomic E-state index is 12.1. The predicted molar refractivity (Wildman–Crippen MR) is 89.1 cm³/mol. The van der Waals surface area contributed by atoms with Crippen LogP contribution in [0.2, 0.25) is 0 Å². The number of carboxylic acids is 2. The molecule has 0 spiro atoms. The van der Waals surface area contributed by atoms with Gasteiger partial charge in [0.05, 0.1) is 0 Å². The van der Waals surface area contributed by atoms with Crippen LogP contribution < -0.4 is 10.2 Å². The van der Waals surface area contributed by atoms with Gasteiger partial charge in [0.1, 0.15) is 0 Å². The van der Waals surface area contributed by atoms with Crippen molar-refractivity contribution in [3.63, 3.8) is 0 Å². The van der Waals surface area contributed by atoms with Crippen LogP contribution in [0.25, 0.3) is 0 Å². The van der Waals surface area contributed by atoms with Gasteiger partial charge in [0.15, 0.2) is 0 Å². The number of aliphatic carboxylic acids is 2. The van der Waals surface area contributed by atoms with Crippen LogP contribution in [0.5, 0.6) is 0 Å². The normalized spacial score (nSPS) is 28.4. The Labute approximate surface area is 146 Å². The van der Waals surface area contributed by atoms with Gasteiger partial charge >= 0.3 is 0 Å². The lowest BCUT2D eigenvalue weighted by atomic mass is 9.57. The summed E-state index contributed by atoms with van der Waals surface area (Å²) < 4.78 is 0. The molecule has 0 aliphatic heterocycles. The van der Waals surface area contributed by atoms with E-state index in [1.165, 1.54) is 6.92 Å². The van der Waals surface area contributed by atoms with E-state index in [0.29, 0.717) is 0 Å². The quantitative estimate of drug-likeness (QED) is 0.788. The maximum atomic E-state index is 12.1. The summed E-state index contributed by atoms with van der Waals surface area (Å²) in [7, 11) is 0. The van der Waals surface area contributed by atoms with Crippen molar-refractivity contribution in [3.8, 4) is 0 Å². The molecule has 25 heavy (non-hydrogen) atoms. The highest BCUT2D eigenvalue weighted by Gasteiger charge is 2.48. The van der Waals surface area contributed by atoms with Crippen molar-refractivity contribution in [1.82, 2.24) is 0 Å². The van der Waals surface area contributed by atoms with Crippen LogP contribution in [0.1, 0.15) is 29.9 Å². The van der Waals surface area contributed by atoms with Crippen LogP contribution in [-0.4, -0.2) is 11.9 Å². The highest BCUT2D eigenvalue weighted by molar-refractivity contribution is 5.84. The second kappa shape index (κ2) is 6.55. The van der Waals surface area contributed by atoms with Gasteiger partial charge in [-0.05, 0) is 11.1 Å². The standard InChI is InChI=1S/C21H20O4/c1-21(20(24)25)17(15-10-6-3-7-11-15)13-12-16(18(21)19(22)23)14-8-4-2-5-9-14/h2-13,16-18H,1H3,(H,22,23)(H,24,25)/p-2/t16-,17-,18-,21+/m1/s1. The van der Waals surface area contributed by atoms with Crippen molar-refractivity contribution < 1.29 is 19.8 Å². The third-order valence-corrected chi connectivity index (χ3v) is 5.20. The van der Waals surface area contributed by atoms with Gasteiger partial charge in [0.25, 0.3) is 0 Å². The first-order valence-electron chi connectivity index (χ1n) is 8.16. The second-order valence-electron chi connectivity index (χ2n) is 6.58. The molecule has 4 nitrogen and oxygen atoms in total. The molecule has 1 aliphatic rings. The summed E-state index contributed by atoms with van der Waals surface area (Å²) in [5.74, 6) is -5.21. The molecule has 0 N–H and O–H groups in total. The number of benzene rings is 2. The van der Waals surface area contributed by atoms with Crippen LogP contribution in [0, 0.1) is 11.3 Å². The molecular formula is C21H18O4-2. The van der Waals surface area contributed by atoms with Crippen LogP contribution >= 0.6 is 0 Å². The van der Waals surface area contributed by atoms with Crippen LogP contribution in [-0.2, 0) is 9.59 Å². The Balaban J connectivity index is 2.18. The number of carbonyl (C=O) groups is 2. The third kappa shape index (κ3) is 2.84. The molecule has 0 saturated heterocycles. The van der Waals surface area contributed by atoms with E-state index in [1.807, 2.05) is 12.1 Å². The summed E-state index contributed by atoms with van der Waals surface area (Å²) in [6, 6.07) is 18.0. The fraction of sp³-hybridized carbons (Fsp3) is 0.238. The van der Waals surface area contributed by atoms with Gasteiger partial charge in [-0.15, -0.1) is 0 Å². The zero-order valence-electron chi connectivity index (χ0n) is 13.8. The molecule has 4 atom stereocenters. The third-order valence-electron chi connectivity index (χ3n) is 5.20. The minimum Gasteiger partial charge on any atom is -0.550 e. The van der Waals surface area contributed by atoms with Gasteiger partial charge in [-0.3, -0.25) is 0 Å². The maximum Gasteiger partial charge on any atom is 0.0489 e. The molecule has 2 aromatic carbocycles. The highest BCUT2D eigenvalue weighted by atomic mass is 16.4. The van der Waals surface area contributed by atoms with Crippen LogP contribution in [0.3, 0.4) is 0 Å². The van der Waals surface area contributed by atoms with Gasteiger partial charge in [-0.25, -0.2) is 0 Å². The minimum atomic E-state index is -1.63. The summed E-state index contributed by atoms with van der Waals surface area (Å²) in [5, 5.41) is 24.1. The van der Waals surface area contributed by atoms with Crippen molar-refractivity contribution in [2.45, 2.75) is 18.8 Å². The molecular weight excluding hydrogens is 316 g/mol. The van der Waals surface area contributed by atoms with E-state index in [1.54, 1.807) is 60.7 Å². The molecule has 3 rings (SSSR count). The Morgan fingerprint density at radius 2 is 1.36 bits per heavy atom. The largest absolute Gasteiger partial charge is 0.550 e.